The second kappa shape index (κ2) is 3.04. The van der Waals surface area contributed by atoms with Crippen LogP contribution in [-0.2, 0) is 16.1 Å². The molecule has 0 aliphatic carbocycles. The quantitative estimate of drug-likeness (QED) is 0.747. The van der Waals surface area contributed by atoms with Gasteiger partial charge in [-0.05, 0) is 6.07 Å². The Morgan fingerprint density at radius 1 is 1.62 bits per heavy atom. The number of carboxylic acid groups (broad SMARTS) is 1. The molecule has 0 spiro atoms. The van der Waals surface area contributed by atoms with Crippen LogP contribution in [0.4, 0.5) is 0 Å². The number of aromatic carboxylic acids is 1. The summed E-state index contributed by atoms with van der Waals surface area (Å²) < 4.78 is 22.7. The molecular weight excluding hydrogens is 218 g/mol. The van der Waals surface area contributed by atoms with E-state index in [9.17, 15) is 13.2 Å². The van der Waals surface area contributed by atoms with Crippen molar-refractivity contribution in [2.75, 3.05) is 0 Å². The normalized spacial score (nSPS) is 11.5. The monoisotopic (exact) mass is 223 g/mol. The maximum atomic E-state index is 10.8. The minimum atomic E-state index is -3.85. The van der Waals surface area contributed by atoms with E-state index in [0.29, 0.717) is 0 Å². The Bertz CT molecular complexity index is 447. The molecule has 0 atom stereocenters. The van der Waals surface area contributed by atoms with Gasteiger partial charge in [-0.25, -0.2) is 13.2 Å². The van der Waals surface area contributed by atoms with Crippen molar-refractivity contribution in [1.82, 2.24) is 4.57 Å². The van der Waals surface area contributed by atoms with Crippen LogP contribution in [-0.4, -0.2) is 24.1 Å². The number of rotatable bonds is 2. The van der Waals surface area contributed by atoms with Gasteiger partial charge in [0.2, 0.25) is 0 Å². The van der Waals surface area contributed by atoms with Gasteiger partial charge in [-0.2, -0.15) is 0 Å². The predicted octanol–water partition coefficient (Wildman–Crippen LogP) is 0.651. The Balaban J connectivity index is 3.33. The van der Waals surface area contributed by atoms with Crippen molar-refractivity contribution in [2.24, 2.45) is 7.05 Å². The summed E-state index contributed by atoms with van der Waals surface area (Å²) in [5, 5.41) is 8.59. The average Bonchev–Trinajstić information content (AvgIpc) is 2.29. The number of aromatic nitrogens is 1. The highest BCUT2D eigenvalue weighted by molar-refractivity contribution is 8.13. The number of carbonyl (C=O) groups is 1. The molecule has 1 rings (SSSR count). The molecule has 0 aliphatic rings. The highest BCUT2D eigenvalue weighted by atomic mass is 35.7. The Kier molecular flexibility index (Phi) is 2.36. The number of hydrogen-bond acceptors (Lipinski definition) is 3. The first-order chi connectivity index (χ1) is 5.82. The highest BCUT2D eigenvalue weighted by Crippen LogP contribution is 2.17. The zero-order chi connectivity index (χ0) is 10.2. The largest absolute Gasteiger partial charge is 0.477 e. The Hall–Kier alpha value is -1.01. The fraction of sp³-hybridized carbons (Fsp3) is 0.167. The van der Waals surface area contributed by atoms with E-state index in [4.69, 9.17) is 15.8 Å². The van der Waals surface area contributed by atoms with Gasteiger partial charge in [0, 0.05) is 23.9 Å². The van der Waals surface area contributed by atoms with Crippen LogP contribution in [0.2, 0.25) is 0 Å². The fourth-order valence-electron chi connectivity index (χ4n) is 0.880. The van der Waals surface area contributed by atoms with Crippen LogP contribution in [0, 0.1) is 0 Å². The average molecular weight is 224 g/mol. The molecule has 1 heterocycles. The number of hydrogen-bond donors (Lipinski definition) is 1. The van der Waals surface area contributed by atoms with Gasteiger partial charge in [0.25, 0.3) is 9.05 Å². The molecule has 0 saturated heterocycles. The maximum absolute atomic E-state index is 10.8. The van der Waals surface area contributed by atoms with Crippen molar-refractivity contribution in [3.63, 3.8) is 0 Å². The zero-order valence-corrected chi connectivity index (χ0v) is 8.13. The Labute approximate surface area is 79.0 Å². The van der Waals surface area contributed by atoms with Gasteiger partial charge < -0.3 is 9.67 Å². The highest BCUT2D eigenvalue weighted by Gasteiger charge is 2.17. The molecule has 7 heteroatoms. The summed E-state index contributed by atoms with van der Waals surface area (Å²) in [6, 6.07) is 1.00. The van der Waals surface area contributed by atoms with E-state index in [1.165, 1.54) is 11.6 Å². The van der Waals surface area contributed by atoms with Gasteiger partial charge >= 0.3 is 5.97 Å². The first-order valence-electron chi connectivity index (χ1n) is 3.16. The smallest absolute Gasteiger partial charge is 0.352 e. The molecule has 0 amide bonds. The second-order valence-corrected chi connectivity index (χ2v) is 4.98. The molecule has 13 heavy (non-hydrogen) atoms. The fourth-order valence-corrected chi connectivity index (χ4v) is 1.67. The van der Waals surface area contributed by atoms with Gasteiger partial charge in [0.05, 0.1) is 0 Å². The first kappa shape index (κ1) is 10.1. The summed E-state index contributed by atoms with van der Waals surface area (Å²) in [4.78, 5) is 10.3. The van der Waals surface area contributed by atoms with Crippen molar-refractivity contribution < 1.29 is 18.3 Å². The van der Waals surface area contributed by atoms with Crippen LogP contribution >= 0.6 is 10.7 Å². The van der Waals surface area contributed by atoms with E-state index < -0.39 is 15.0 Å². The summed E-state index contributed by atoms with van der Waals surface area (Å²) in [5.74, 6) is -1.20. The van der Waals surface area contributed by atoms with Gasteiger partial charge in [0.1, 0.15) is 10.6 Å². The Morgan fingerprint density at radius 3 is 2.38 bits per heavy atom. The summed E-state index contributed by atoms with van der Waals surface area (Å²) in [6.07, 6.45) is 1.14. The lowest BCUT2D eigenvalue weighted by molar-refractivity contribution is 0.0686. The zero-order valence-electron chi connectivity index (χ0n) is 6.56. The number of aryl methyl sites for hydroxylation is 1. The molecule has 1 N–H and O–H groups in total. The molecule has 0 aromatic carbocycles. The van der Waals surface area contributed by atoms with E-state index in [1.54, 1.807) is 0 Å². The van der Waals surface area contributed by atoms with E-state index in [-0.39, 0.29) is 10.6 Å². The first-order valence-corrected chi connectivity index (χ1v) is 5.47. The van der Waals surface area contributed by atoms with Crippen LogP contribution in [0.3, 0.4) is 0 Å². The van der Waals surface area contributed by atoms with Gasteiger partial charge in [-0.3, -0.25) is 0 Å². The molecule has 72 valence electrons. The molecule has 0 radical (unpaired) electrons. The molecular formula is C6H6ClNO4S. The lowest BCUT2D eigenvalue weighted by atomic mass is 10.4. The summed E-state index contributed by atoms with van der Waals surface area (Å²) in [5.41, 5.74) is -0.126. The maximum Gasteiger partial charge on any atom is 0.352 e. The van der Waals surface area contributed by atoms with Gasteiger partial charge in [0.15, 0.2) is 0 Å². The van der Waals surface area contributed by atoms with Crippen LogP contribution in [0.1, 0.15) is 10.5 Å². The standard InChI is InChI=1S/C6H6ClNO4S/c1-8-3-4(13(7,11)12)2-5(8)6(9)10/h2-3H,1H3,(H,9,10). The third kappa shape index (κ3) is 2.02. The van der Waals surface area contributed by atoms with E-state index in [1.807, 2.05) is 0 Å². The lowest BCUT2D eigenvalue weighted by Crippen LogP contribution is -2.02. The van der Waals surface area contributed by atoms with Crippen molar-refractivity contribution in [1.29, 1.82) is 0 Å². The minimum Gasteiger partial charge on any atom is -0.477 e. The van der Waals surface area contributed by atoms with Gasteiger partial charge in [-0.1, -0.05) is 0 Å². The van der Waals surface area contributed by atoms with E-state index in [2.05, 4.69) is 0 Å². The second-order valence-electron chi connectivity index (χ2n) is 2.41. The molecule has 1 aromatic rings. The summed E-state index contributed by atoms with van der Waals surface area (Å²) >= 11 is 0. The summed E-state index contributed by atoms with van der Waals surface area (Å²) in [6.45, 7) is 0. The van der Waals surface area contributed by atoms with Crippen LogP contribution < -0.4 is 0 Å². The molecule has 5 nitrogen and oxygen atoms in total. The van der Waals surface area contributed by atoms with E-state index in [0.717, 1.165) is 12.3 Å². The third-order valence-corrected chi connectivity index (χ3v) is 2.80. The van der Waals surface area contributed by atoms with Gasteiger partial charge in [-0.15, -0.1) is 0 Å². The lowest BCUT2D eigenvalue weighted by Gasteiger charge is -1.92. The van der Waals surface area contributed by atoms with Crippen molar-refractivity contribution in [3.8, 4) is 0 Å². The molecule has 0 aliphatic heterocycles. The molecule has 0 bridgehead atoms. The third-order valence-electron chi connectivity index (χ3n) is 1.48. The van der Waals surface area contributed by atoms with Crippen molar-refractivity contribution >= 4 is 25.7 Å². The van der Waals surface area contributed by atoms with Crippen molar-refractivity contribution in [2.45, 2.75) is 4.90 Å². The number of carboxylic acids is 1. The molecule has 0 fully saturated rings. The topological polar surface area (TPSA) is 76.4 Å². The summed E-state index contributed by atoms with van der Waals surface area (Å²) in [7, 11) is 2.59. The van der Waals surface area contributed by atoms with E-state index >= 15 is 0 Å². The van der Waals surface area contributed by atoms with Crippen LogP contribution in [0.25, 0.3) is 0 Å². The SMILES string of the molecule is Cn1cc(S(=O)(=O)Cl)cc1C(=O)O. The molecule has 0 saturated carbocycles. The molecule has 0 unspecified atom stereocenters. The Morgan fingerprint density at radius 2 is 2.15 bits per heavy atom. The van der Waals surface area contributed by atoms with Crippen LogP contribution in [0.15, 0.2) is 17.2 Å². The predicted molar refractivity (Wildman–Crippen MR) is 45.4 cm³/mol. The number of halogens is 1. The molecule has 1 aromatic heterocycles. The number of nitrogens with zero attached hydrogens (tertiary/aromatic N) is 1. The van der Waals surface area contributed by atoms with Crippen molar-refractivity contribution in [3.05, 3.63) is 18.0 Å². The minimum absolute atomic E-state index is 0.126. The van der Waals surface area contributed by atoms with Crippen LogP contribution in [0.5, 0.6) is 0 Å².